The third-order valence-corrected chi connectivity index (χ3v) is 2.11. The van der Waals surface area contributed by atoms with Crippen LogP contribution in [0.4, 0.5) is 0 Å². The Bertz CT molecular complexity index is 205. The van der Waals surface area contributed by atoms with Gasteiger partial charge in [0.2, 0.25) is 0 Å². The van der Waals surface area contributed by atoms with Crippen LogP contribution in [0.3, 0.4) is 0 Å². The molecule has 0 amide bonds. The SMILES string of the molecule is CC=C(C)CCC(=C=O)C(C)C. The second kappa shape index (κ2) is 5.79. The zero-order chi connectivity index (χ0) is 9.56. The van der Waals surface area contributed by atoms with Gasteiger partial charge in [-0.1, -0.05) is 25.5 Å². The highest BCUT2D eigenvalue weighted by molar-refractivity contribution is 5.53. The van der Waals surface area contributed by atoms with Gasteiger partial charge in [0.15, 0.2) is 0 Å². The minimum Gasteiger partial charge on any atom is -0.234 e. The van der Waals surface area contributed by atoms with Gasteiger partial charge in [0, 0.05) is 5.57 Å². The molecule has 0 aliphatic carbocycles. The van der Waals surface area contributed by atoms with E-state index in [9.17, 15) is 4.79 Å². The molecule has 0 aliphatic heterocycles. The zero-order valence-electron chi connectivity index (χ0n) is 8.48. The van der Waals surface area contributed by atoms with E-state index in [-0.39, 0.29) is 0 Å². The highest BCUT2D eigenvalue weighted by Gasteiger charge is 2.03. The van der Waals surface area contributed by atoms with Crippen LogP contribution in [0.15, 0.2) is 17.2 Å². The van der Waals surface area contributed by atoms with Gasteiger partial charge in [-0.3, -0.25) is 0 Å². The third-order valence-electron chi connectivity index (χ3n) is 2.11. The maximum absolute atomic E-state index is 10.5. The van der Waals surface area contributed by atoms with Crippen LogP contribution in [0, 0.1) is 5.92 Å². The van der Waals surface area contributed by atoms with E-state index < -0.39 is 0 Å². The van der Waals surface area contributed by atoms with Crippen LogP contribution in [0.2, 0.25) is 0 Å². The van der Waals surface area contributed by atoms with E-state index in [4.69, 9.17) is 0 Å². The Morgan fingerprint density at radius 3 is 2.33 bits per heavy atom. The molecule has 0 rings (SSSR count). The Morgan fingerprint density at radius 1 is 1.42 bits per heavy atom. The molecule has 68 valence electrons. The van der Waals surface area contributed by atoms with Crippen LogP contribution in [-0.2, 0) is 4.79 Å². The summed E-state index contributed by atoms with van der Waals surface area (Å²) in [6, 6.07) is 0. The summed E-state index contributed by atoms with van der Waals surface area (Å²) >= 11 is 0. The Morgan fingerprint density at radius 2 is 2.00 bits per heavy atom. The molecule has 1 heteroatoms. The Hall–Kier alpha value is -0.810. The van der Waals surface area contributed by atoms with E-state index in [0.29, 0.717) is 5.92 Å². The third kappa shape index (κ3) is 4.15. The van der Waals surface area contributed by atoms with Crippen molar-refractivity contribution in [3.05, 3.63) is 17.2 Å². The van der Waals surface area contributed by atoms with E-state index in [2.05, 4.69) is 13.0 Å². The minimum absolute atomic E-state index is 0.340. The highest BCUT2D eigenvalue weighted by atomic mass is 16.1. The Kier molecular flexibility index (Phi) is 5.40. The standard InChI is InChI=1S/C11H18O/c1-5-10(4)6-7-11(8-12)9(2)3/h5,9H,6-7H2,1-4H3. The summed E-state index contributed by atoms with van der Waals surface area (Å²) in [6.45, 7) is 8.17. The van der Waals surface area contributed by atoms with Crippen LogP contribution in [0.25, 0.3) is 0 Å². The Labute approximate surface area is 75.2 Å². The largest absolute Gasteiger partial charge is 0.234 e. The maximum Gasteiger partial charge on any atom is 0.123 e. The molecule has 0 aromatic rings. The van der Waals surface area contributed by atoms with Gasteiger partial charge in [0.25, 0.3) is 0 Å². The predicted molar refractivity (Wildman–Crippen MR) is 52.7 cm³/mol. The van der Waals surface area contributed by atoms with E-state index in [1.165, 1.54) is 5.57 Å². The fraction of sp³-hybridized carbons (Fsp3) is 0.636. The van der Waals surface area contributed by atoms with E-state index in [1.807, 2.05) is 26.7 Å². The second-order valence-electron chi connectivity index (χ2n) is 3.42. The van der Waals surface area contributed by atoms with Gasteiger partial charge in [-0.05, 0) is 32.6 Å². The lowest BCUT2D eigenvalue weighted by molar-refractivity contribution is 0.560. The van der Waals surface area contributed by atoms with Crippen molar-refractivity contribution in [1.82, 2.24) is 0 Å². The summed E-state index contributed by atoms with van der Waals surface area (Å²) in [5.74, 6) is 2.36. The van der Waals surface area contributed by atoms with Crippen molar-refractivity contribution in [1.29, 1.82) is 0 Å². The number of hydrogen-bond acceptors (Lipinski definition) is 1. The average Bonchev–Trinajstić information content (AvgIpc) is 2.04. The normalized spacial score (nSPS) is 11.6. The first kappa shape index (κ1) is 11.2. The van der Waals surface area contributed by atoms with Crippen molar-refractivity contribution < 1.29 is 4.79 Å². The number of carbonyl (C=O) groups excluding carboxylic acids is 1. The quantitative estimate of drug-likeness (QED) is 0.463. The summed E-state index contributed by atoms with van der Waals surface area (Å²) in [4.78, 5) is 10.5. The molecular weight excluding hydrogens is 148 g/mol. The molecule has 0 bridgehead atoms. The topological polar surface area (TPSA) is 17.1 Å². The van der Waals surface area contributed by atoms with E-state index in [0.717, 1.165) is 18.4 Å². The van der Waals surface area contributed by atoms with Crippen molar-refractivity contribution >= 4 is 5.94 Å². The van der Waals surface area contributed by atoms with Gasteiger partial charge in [0.1, 0.15) is 5.94 Å². The van der Waals surface area contributed by atoms with Crippen LogP contribution >= 0.6 is 0 Å². The smallest absolute Gasteiger partial charge is 0.123 e. The van der Waals surface area contributed by atoms with Crippen molar-refractivity contribution in [2.75, 3.05) is 0 Å². The molecule has 0 atom stereocenters. The van der Waals surface area contributed by atoms with Crippen molar-refractivity contribution in [3.8, 4) is 0 Å². The van der Waals surface area contributed by atoms with Crippen molar-refractivity contribution in [2.24, 2.45) is 5.92 Å². The van der Waals surface area contributed by atoms with Crippen LogP contribution in [-0.4, -0.2) is 5.94 Å². The lowest BCUT2D eigenvalue weighted by atomic mass is 9.98. The summed E-state index contributed by atoms with van der Waals surface area (Å²) in [5.41, 5.74) is 2.24. The molecule has 12 heavy (non-hydrogen) atoms. The zero-order valence-corrected chi connectivity index (χ0v) is 8.48. The average molecular weight is 166 g/mol. The molecule has 0 radical (unpaired) electrons. The lowest BCUT2D eigenvalue weighted by Crippen LogP contribution is -1.95. The maximum atomic E-state index is 10.5. The first-order chi connectivity index (χ1) is 5.61. The lowest BCUT2D eigenvalue weighted by Gasteiger charge is -2.06. The number of rotatable bonds is 4. The molecule has 0 aliphatic rings. The summed E-state index contributed by atoms with van der Waals surface area (Å²) in [7, 11) is 0. The van der Waals surface area contributed by atoms with E-state index >= 15 is 0 Å². The monoisotopic (exact) mass is 166 g/mol. The second-order valence-corrected chi connectivity index (χ2v) is 3.42. The van der Waals surface area contributed by atoms with Gasteiger partial charge in [-0.25, -0.2) is 4.79 Å². The Balaban J connectivity index is 4.00. The first-order valence-corrected chi connectivity index (χ1v) is 4.47. The van der Waals surface area contributed by atoms with Crippen molar-refractivity contribution in [2.45, 2.75) is 40.5 Å². The number of hydrogen-bond donors (Lipinski definition) is 0. The van der Waals surface area contributed by atoms with Gasteiger partial charge >= 0.3 is 0 Å². The molecule has 0 saturated carbocycles. The molecule has 1 nitrogen and oxygen atoms in total. The van der Waals surface area contributed by atoms with Gasteiger partial charge in [-0.15, -0.1) is 0 Å². The molecule has 0 unspecified atom stereocenters. The summed E-state index contributed by atoms with van der Waals surface area (Å²) in [5, 5.41) is 0. The van der Waals surface area contributed by atoms with Crippen LogP contribution in [0.5, 0.6) is 0 Å². The van der Waals surface area contributed by atoms with Gasteiger partial charge in [-0.2, -0.15) is 0 Å². The highest BCUT2D eigenvalue weighted by Crippen LogP contribution is 2.15. The molecule has 0 spiro atoms. The molecular formula is C11H18O. The molecule has 0 fully saturated rings. The molecule has 0 aromatic heterocycles. The van der Waals surface area contributed by atoms with Gasteiger partial charge < -0.3 is 0 Å². The molecule has 0 aromatic carbocycles. The van der Waals surface area contributed by atoms with E-state index in [1.54, 1.807) is 0 Å². The molecule has 0 saturated heterocycles. The van der Waals surface area contributed by atoms with Gasteiger partial charge in [0.05, 0.1) is 0 Å². The molecule has 0 N–H and O–H groups in total. The first-order valence-electron chi connectivity index (χ1n) is 4.47. The fourth-order valence-corrected chi connectivity index (χ4v) is 0.934. The summed E-state index contributed by atoms with van der Waals surface area (Å²) in [6.07, 6.45) is 3.93. The minimum atomic E-state index is 0.340. The predicted octanol–water partition coefficient (Wildman–Crippen LogP) is 3.15. The number of allylic oxidation sites excluding steroid dienone is 3. The fourth-order valence-electron chi connectivity index (χ4n) is 0.934. The van der Waals surface area contributed by atoms with Crippen molar-refractivity contribution in [3.63, 3.8) is 0 Å². The van der Waals surface area contributed by atoms with Crippen LogP contribution < -0.4 is 0 Å². The summed E-state index contributed by atoms with van der Waals surface area (Å²) < 4.78 is 0. The molecule has 0 heterocycles. The van der Waals surface area contributed by atoms with Crippen LogP contribution in [0.1, 0.15) is 40.5 Å².